The van der Waals surface area contributed by atoms with E-state index in [-0.39, 0.29) is 0 Å². The van der Waals surface area contributed by atoms with Crippen LogP contribution >= 0.6 is 11.3 Å². The fourth-order valence-corrected chi connectivity index (χ4v) is 2.02. The van der Waals surface area contributed by atoms with Crippen molar-refractivity contribution in [1.29, 1.82) is 0 Å². The molecule has 1 aromatic heterocycles. The molecule has 0 aliphatic rings. The van der Waals surface area contributed by atoms with E-state index in [0.29, 0.717) is 18.5 Å². The van der Waals surface area contributed by atoms with Gasteiger partial charge in [0.05, 0.1) is 12.2 Å². The summed E-state index contributed by atoms with van der Waals surface area (Å²) in [5, 5.41) is 4.14. The van der Waals surface area contributed by atoms with Gasteiger partial charge in [-0.2, -0.15) is 0 Å². The SMILES string of the molecule is CCC(C)NC(N)=NCc1nc(C)c(C)s1. The molecule has 0 radical (unpaired) electrons. The van der Waals surface area contributed by atoms with Crippen molar-refractivity contribution in [3.63, 3.8) is 0 Å². The van der Waals surface area contributed by atoms with E-state index >= 15 is 0 Å². The number of guanidine groups is 1. The molecule has 1 heterocycles. The Morgan fingerprint density at radius 3 is 2.75 bits per heavy atom. The lowest BCUT2D eigenvalue weighted by Crippen LogP contribution is -2.38. The van der Waals surface area contributed by atoms with Gasteiger partial charge in [-0.15, -0.1) is 11.3 Å². The number of rotatable bonds is 4. The molecule has 0 aliphatic heterocycles. The number of nitrogens with one attached hydrogen (secondary N) is 1. The van der Waals surface area contributed by atoms with Crippen molar-refractivity contribution in [2.24, 2.45) is 10.7 Å². The van der Waals surface area contributed by atoms with Crippen LogP contribution in [0.15, 0.2) is 4.99 Å². The van der Waals surface area contributed by atoms with Gasteiger partial charge in [-0.1, -0.05) is 6.92 Å². The minimum atomic E-state index is 0.364. The van der Waals surface area contributed by atoms with Gasteiger partial charge < -0.3 is 11.1 Å². The van der Waals surface area contributed by atoms with Crippen LogP contribution in [0.4, 0.5) is 0 Å². The normalized spacial score (nSPS) is 13.9. The highest BCUT2D eigenvalue weighted by atomic mass is 32.1. The molecule has 0 bridgehead atoms. The third kappa shape index (κ3) is 3.81. The molecule has 1 rings (SSSR count). The van der Waals surface area contributed by atoms with Crippen LogP contribution in [0.2, 0.25) is 0 Å². The molecule has 0 aliphatic carbocycles. The third-order valence-electron chi connectivity index (χ3n) is 2.46. The molecule has 0 saturated heterocycles. The standard InChI is InChI=1S/C11H20N4S/c1-5-7(2)14-11(12)13-6-10-15-8(3)9(4)16-10/h7H,5-6H2,1-4H3,(H3,12,13,14). The Morgan fingerprint density at radius 1 is 1.56 bits per heavy atom. The van der Waals surface area contributed by atoms with E-state index < -0.39 is 0 Å². The maximum Gasteiger partial charge on any atom is 0.189 e. The largest absolute Gasteiger partial charge is 0.370 e. The molecule has 1 unspecified atom stereocenters. The van der Waals surface area contributed by atoms with Gasteiger partial charge in [0, 0.05) is 10.9 Å². The Morgan fingerprint density at radius 2 is 2.25 bits per heavy atom. The van der Waals surface area contributed by atoms with Gasteiger partial charge in [0.25, 0.3) is 0 Å². The minimum absolute atomic E-state index is 0.364. The van der Waals surface area contributed by atoms with Gasteiger partial charge in [0.2, 0.25) is 0 Å². The van der Waals surface area contributed by atoms with Crippen LogP contribution in [0.5, 0.6) is 0 Å². The zero-order valence-electron chi connectivity index (χ0n) is 10.4. The lowest BCUT2D eigenvalue weighted by molar-refractivity contribution is 0.636. The Hall–Kier alpha value is -1.10. The van der Waals surface area contributed by atoms with E-state index in [1.807, 2.05) is 6.92 Å². The van der Waals surface area contributed by atoms with Gasteiger partial charge in [-0.3, -0.25) is 0 Å². The van der Waals surface area contributed by atoms with Crippen molar-refractivity contribution in [2.75, 3.05) is 0 Å². The summed E-state index contributed by atoms with van der Waals surface area (Å²) in [4.78, 5) is 9.93. The zero-order chi connectivity index (χ0) is 12.1. The molecule has 4 nitrogen and oxygen atoms in total. The Labute approximate surface area is 101 Å². The summed E-state index contributed by atoms with van der Waals surface area (Å²) < 4.78 is 0. The fraction of sp³-hybridized carbons (Fsp3) is 0.636. The molecule has 90 valence electrons. The van der Waals surface area contributed by atoms with Crippen LogP contribution in [-0.2, 0) is 6.54 Å². The molecule has 0 fully saturated rings. The molecular weight excluding hydrogens is 220 g/mol. The number of nitrogens with two attached hydrogens (primary N) is 1. The summed E-state index contributed by atoms with van der Waals surface area (Å²) >= 11 is 1.68. The van der Waals surface area contributed by atoms with Crippen molar-refractivity contribution >= 4 is 17.3 Å². The lowest BCUT2D eigenvalue weighted by Gasteiger charge is -2.11. The van der Waals surface area contributed by atoms with Gasteiger partial charge in [-0.05, 0) is 27.2 Å². The highest BCUT2D eigenvalue weighted by Crippen LogP contribution is 2.16. The second-order valence-corrected chi connectivity index (χ2v) is 5.19. The number of hydrogen-bond donors (Lipinski definition) is 2. The first-order valence-corrected chi connectivity index (χ1v) is 6.34. The second kappa shape index (κ2) is 5.84. The van der Waals surface area contributed by atoms with Crippen LogP contribution in [0, 0.1) is 13.8 Å². The molecule has 5 heteroatoms. The van der Waals surface area contributed by atoms with Gasteiger partial charge in [0.15, 0.2) is 5.96 Å². The zero-order valence-corrected chi connectivity index (χ0v) is 11.2. The first-order valence-electron chi connectivity index (χ1n) is 5.52. The number of aromatic nitrogens is 1. The Balaban J connectivity index is 2.52. The molecule has 0 amide bonds. The summed E-state index contributed by atoms with van der Waals surface area (Å²) in [5.41, 5.74) is 6.85. The maximum atomic E-state index is 5.76. The van der Waals surface area contributed by atoms with Crippen molar-refractivity contribution in [3.8, 4) is 0 Å². The topological polar surface area (TPSA) is 63.3 Å². The summed E-state index contributed by atoms with van der Waals surface area (Å²) in [5.74, 6) is 0.500. The smallest absolute Gasteiger partial charge is 0.189 e. The minimum Gasteiger partial charge on any atom is -0.370 e. The van der Waals surface area contributed by atoms with Crippen molar-refractivity contribution in [3.05, 3.63) is 15.6 Å². The highest BCUT2D eigenvalue weighted by molar-refractivity contribution is 7.11. The van der Waals surface area contributed by atoms with Crippen molar-refractivity contribution in [2.45, 2.75) is 46.7 Å². The van der Waals surface area contributed by atoms with Crippen LogP contribution in [0.3, 0.4) is 0 Å². The maximum absolute atomic E-state index is 5.76. The average Bonchev–Trinajstić information content (AvgIpc) is 2.55. The molecule has 16 heavy (non-hydrogen) atoms. The van der Waals surface area contributed by atoms with Crippen LogP contribution in [-0.4, -0.2) is 17.0 Å². The number of aliphatic imine (C=N–C) groups is 1. The second-order valence-electron chi connectivity index (χ2n) is 3.90. The van der Waals surface area contributed by atoms with E-state index in [9.17, 15) is 0 Å². The average molecular weight is 240 g/mol. The van der Waals surface area contributed by atoms with Crippen LogP contribution < -0.4 is 11.1 Å². The van der Waals surface area contributed by atoms with E-state index in [1.165, 1.54) is 4.88 Å². The lowest BCUT2D eigenvalue weighted by atomic mass is 10.3. The highest BCUT2D eigenvalue weighted by Gasteiger charge is 2.03. The van der Waals surface area contributed by atoms with Gasteiger partial charge in [-0.25, -0.2) is 9.98 Å². The number of nitrogens with zero attached hydrogens (tertiary/aromatic N) is 2. The number of thiazole rings is 1. The fourth-order valence-electron chi connectivity index (χ4n) is 1.16. The van der Waals surface area contributed by atoms with Crippen molar-refractivity contribution < 1.29 is 0 Å². The van der Waals surface area contributed by atoms with Crippen molar-refractivity contribution in [1.82, 2.24) is 10.3 Å². The first-order chi connectivity index (χ1) is 7.52. The van der Waals surface area contributed by atoms with Gasteiger partial charge >= 0.3 is 0 Å². The summed E-state index contributed by atoms with van der Waals surface area (Å²) in [6.45, 7) is 8.84. The molecule has 3 N–H and O–H groups in total. The van der Waals surface area contributed by atoms with E-state index in [2.05, 4.69) is 36.1 Å². The van der Waals surface area contributed by atoms with Gasteiger partial charge in [0.1, 0.15) is 5.01 Å². The molecule has 1 aromatic rings. The van der Waals surface area contributed by atoms with E-state index in [1.54, 1.807) is 11.3 Å². The summed E-state index contributed by atoms with van der Waals surface area (Å²) in [7, 11) is 0. The molecule has 0 spiro atoms. The predicted octanol–water partition coefficient (Wildman–Crippen LogP) is 1.96. The number of aryl methyl sites for hydroxylation is 2. The van der Waals surface area contributed by atoms with E-state index in [4.69, 9.17) is 5.73 Å². The Bertz CT molecular complexity index is 351. The Kier molecular flexibility index (Phi) is 4.73. The van der Waals surface area contributed by atoms with Crippen LogP contribution in [0.25, 0.3) is 0 Å². The third-order valence-corrected chi connectivity index (χ3v) is 3.52. The molecular formula is C11H20N4S. The summed E-state index contributed by atoms with van der Waals surface area (Å²) in [6, 6.07) is 0.364. The number of hydrogen-bond acceptors (Lipinski definition) is 3. The molecule has 0 saturated carbocycles. The quantitative estimate of drug-likeness (QED) is 0.624. The molecule has 0 aromatic carbocycles. The summed E-state index contributed by atoms with van der Waals surface area (Å²) in [6.07, 6.45) is 1.03. The van der Waals surface area contributed by atoms with E-state index in [0.717, 1.165) is 17.1 Å². The first kappa shape index (κ1) is 13.0. The predicted molar refractivity (Wildman–Crippen MR) is 69.8 cm³/mol. The van der Waals surface area contributed by atoms with Crippen LogP contribution in [0.1, 0.15) is 35.8 Å². The molecule has 1 atom stereocenters. The monoisotopic (exact) mass is 240 g/mol.